The van der Waals surface area contributed by atoms with Gasteiger partial charge in [0.1, 0.15) is 43.7 Å². The molecule has 6 rings (SSSR count). The van der Waals surface area contributed by atoms with Crippen LogP contribution in [-0.4, -0.2) is 130 Å². The summed E-state index contributed by atoms with van der Waals surface area (Å²) >= 11 is 17.3. The molecule has 4 aromatic rings. The van der Waals surface area contributed by atoms with Crippen molar-refractivity contribution >= 4 is 64.8 Å². The largest absolute Gasteiger partial charge is 0.459 e. The second-order valence-electron chi connectivity index (χ2n) is 13.9. The second kappa shape index (κ2) is 21.8. The van der Waals surface area contributed by atoms with Crippen molar-refractivity contribution in [3.05, 3.63) is 144 Å². The number of benzene rings is 4. The summed E-state index contributed by atoms with van der Waals surface area (Å²) in [4.78, 5) is 67.4. The number of halogens is 3. The van der Waals surface area contributed by atoms with Crippen molar-refractivity contribution < 1.29 is 77.2 Å². The van der Waals surface area contributed by atoms with Crippen LogP contribution in [0.2, 0.25) is 0 Å². The van der Waals surface area contributed by atoms with E-state index >= 15 is 0 Å². The number of aliphatic hydroxyl groups is 3. The van der Waals surface area contributed by atoms with E-state index in [-0.39, 0.29) is 22.3 Å². The standard InChI is InChI=1S/C43H40Cl3NO16/c44-43(45,46)23-57-42(55)47-30-33(60-37(51)25-15-7-2-8-16-25)32(29(58-40(30)54)22-56-36(50)24-13-5-1-6-14-24)63-41-35(62-39(53)27-19-11-4-12-20-27)34(31(49)28(21-48)59-41)61-38(52)26-17-9-3-10-18-26/h1-20,28-35,40-41,48-49,54H,21-23H2,(H,47,55)/t28-,29-,30-,31+,32-,33-,34+,35-,40+,41+/m1/s1. The predicted molar refractivity (Wildman–Crippen MR) is 220 cm³/mol. The van der Waals surface area contributed by atoms with E-state index in [1.165, 1.54) is 60.7 Å². The molecule has 1 amide bonds. The molecule has 0 spiro atoms. The number of hydrogen-bond donors (Lipinski definition) is 4. The summed E-state index contributed by atoms with van der Waals surface area (Å²) in [5.74, 6) is -3.83. The smallest absolute Gasteiger partial charge is 0.407 e. The average Bonchev–Trinajstić information content (AvgIpc) is 3.29. The molecule has 0 saturated carbocycles. The maximum atomic E-state index is 13.8. The van der Waals surface area contributed by atoms with Crippen LogP contribution >= 0.6 is 34.8 Å². The number of alkyl carbamates (subject to hydrolysis) is 1. The molecule has 2 heterocycles. The quantitative estimate of drug-likeness (QED) is 0.0790. The van der Waals surface area contributed by atoms with Gasteiger partial charge < -0.3 is 58.5 Å². The van der Waals surface area contributed by atoms with E-state index in [2.05, 4.69) is 5.32 Å². The van der Waals surface area contributed by atoms with Crippen molar-refractivity contribution in [2.45, 2.75) is 65.1 Å². The van der Waals surface area contributed by atoms with E-state index in [9.17, 15) is 39.3 Å². The summed E-state index contributed by atoms with van der Waals surface area (Å²) in [6.45, 7) is -2.39. The summed E-state index contributed by atoms with van der Waals surface area (Å²) < 4.78 is 44.5. The number of amides is 1. The molecular weight excluding hydrogens is 893 g/mol. The van der Waals surface area contributed by atoms with Gasteiger partial charge in [0, 0.05) is 0 Å². The molecule has 2 fully saturated rings. The van der Waals surface area contributed by atoms with Crippen LogP contribution in [0.25, 0.3) is 0 Å². The van der Waals surface area contributed by atoms with Crippen molar-refractivity contribution in [3.63, 3.8) is 0 Å². The molecule has 334 valence electrons. The maximum absolute atomic E-state index is 13.8. The number of hydrogen-bond acceptors (Lipinski definition) is 16. The average molecular weight is 933 g/mol. The SMILES string of the molecule is O=C(N[C@@H]1[C@@H](OC(=O)c2ccccc2)[C@H](O[C@@H]2O[C@H](CO)[C@H](O)[C@H](OC(=O)c3ccccc3)[C@H]2OC(=O)c2ccccc2)[C@@H](COC(=O)c2ccccc2)O[C@@H]1O)OCC(Cl)(Cl)Cl. The Kier molecular flexibility index (Phi) is 16.3. The van der Waals surface area contributed by atoms with Crippen LogP contribution in [0.5, 0.6) is 0 Å². The Morgan fingerprint density at radius 1 is 0.571 bits per heavy atom. The van der Waals surface area contributed by atoms with Gasteiger partial charge in [0.05, 0.1) is 28.9 Å². The predicted octanol–water partition coefficient (Wildman–Crippen LogP) is 4.17. The molecule has 2 aliphatic rings. The van der Waals surface area contributed by atoms with Gasteiger partial charge >= 0.3 is 30.0 Å². The van der Waals surface area contributed by atoms with Gasteiger partial charge in [-0.05, 0) is 48.5 Å². The molecule has 4 N–H and O–H groups in total. The molecule has 0 bridgehead atoms. The van der Waals surface area contributed by atoms with E-state index in [0.29, 0.717) is 0 Å². The zero-order valence-electron chi connectivity index (χ0n) is 32.7. The van der Waals surface area contributed by atoms with Gasteiger partial charge in [-0.3, -0.25) is 0 Å². The lowest BCUT2D eigenvalue weighted by molar-refractivity contribution is -0.343. The number of carbonyl (C=O) groups is 5. The minimum absolute atomic E-state index is 0.00163. The Bertz CT molecular complexity index is 2150. The van der Waals surface area contributed by atoms with Crippen LogP contribution in [0.4, 0.5) is 4.79 Å². The fraction of sp³-hybridized carbons (Fsp3) is 0.326. The lowest BCUT2D eigenvalue weighted by atomic mass is 9.95. The van der Waals surface area contributed by atoms with Gasteiger partial charge in [-0.1, -0.05) is 108 Å². The van der Waals surface area contributed by atoms with Gasteiger partial charge in [0.25, 0.3) is 0 Å². The Morgan fingerprint density at radius 3 is 1.48 bits per heavy atom. The first-order valence-corrected chi connectivity index (χ1v) is 20.3. The van der Waals surface area contributed by atoms with E-state index in [1.807, 2.05) is 0 Å². The highest BCUT2D eigenvalue weighted by Crippen LogP contribution is 2.34. The van der Waals surface area contributed by atoms with Gasteiger partial charge in [-0.15, -0.1) is 0 Å². The molecule has 0 unspecified atom stereocenters. The van der Waals surface area contributed by atoms with Gasteiger partial charge in [-0.2, -0.15) is 0 Å². The monoisotopic (exact) mass is 931 g/mol. The summed E-state index contributed by atoms with van der Waals surface area (Å²) in [6.07, 6.45) is -17.7. The summed E-state index contributed by atoms with van der Waals surface area (Å²) in [5.41, 5.74) is 0.189. The number of aliphatic hydroxyl groups excluding tert-OH is 3. The Morgan fingerprint density at radius 2 is 1.02 bits per heavy atom. The number of ether oxygens (including phenoxy) is 8. The first-order valence-electron chi connectivity index (χ1n) is 19.2. The molecule has 63 heavy (non-hydrogen) atoms. The van der Waals surface area contributed by atoms with Gasteiger partial charge in [-0.25, -0.2) is 24.0 Å². The highest BCUT2D eigenvalue weighted by Gasteiger charge is 2.56. The lowest BCUT2D eigenvalue weighted by Crippen LogP contribution is -2.68. The number of carbonyl (C=O) groups excluding carboxylic acids is 5. The fourth-order valence-corrected chi connectivity index (χ4v) is 6.68. The number of esters is 4. The second-order valence-corrected chi connectivity index (χ2v) is 16.4. The summed E-state index contributed by atoms with van der Waals surface area (Å²) in [7, 11) is 0. The first kappa shape index (κ1) is 47.1. The molecular formula is C43H40Cl3NO16. The maximum Gasteiger partial charge on any atom is 0.407 e. The molecule has 20 heteroatoms. The molecule has 0 aliphatic carbocycles. The normalized spacial score (nSPS) is 25.7. The molecule has 2 aliphatic heterocycles. The lowest BCUT2D eigenvalue weighted by Gasteiger charge is -2.48. The first-order chi connectivity index (χ1) is 30.2. The van der Waals surface area contributed by atoms with Crippen LogP contribution in [0, 0.1) is 0 Å². The Labute approximate surface area is 374 Å². The summed E-state index contributed by atoms with van der Waals surface area (Å²) in [6, 6.07) is 28.7. The third-order valence-electron chi connectivity index (χ3n) is 9.55. The van der Waals surface area contributed by atoms with E-state index in [4.69, 9.17) is 72.7 Å². The van der Waals surface area contributed by atoms with Crippen LogP contribution in [0.3, 0.4) is 0 Å². The molecule has 0 radical (unpaired) electrons. The van der Waals surface area contributed by atoms with Crippen molar-refractivity contribution in [2.75, 3.05) is 19.8 Å². The van der Waals surface area contributed by atoms with Crippen molar-refractivity contribution in [1.29, 1.82) is 0 Å². The minimum atomic E-state index is -2.07. The number of rotatable bonds is 14. The van der Waals surface area contributed by atoms with Crippen LogP contribution in [0.15, 0.2) is 121 Å². The van der Waals surface area contributed by atoms with Gasteiger partial charge in [0.2, 0.25) is 3.79 Å². The van der Waals surface area contributed by atoms with Gasteiger partial charge in [0.15, 0.2) is 30.9 Å². The van der Waals surface area contributed by atoms with Crippen LogP contribution in [0.1, 0.15) is 41.4 Å². The summed E-state index contributed by atoms with van der Waals surface area (Å²) in [5, 5.41) is 35.7. The zero-order valence-corrected chi connectivity index (χ0v) is 35.0. The van der Waals surface area contributed by atoms with Crippen LogP contribution in [-0.2, 0) is 37.9 Å². The van der Waals surface area contributed by atoms with E-state index < -0.39 is 115 Å². The number of alkyl halides is 3. The van der Waals surface area contributed by atoms with Crippen molar-refractivity contribution in [3.8, 4) is 0 Å². The molecule has 10 atom stereocenters. The molecule has 2 saturated heterocycles. The fourth-order valence-electron chi connectivity index (χ4n) is 6.52. The highest BCUT2D eigenvalue weighted by atomic mass is 35.6. The Hall–Kier alpha value is -5.34. The third kappa shape index (κ3) is 12.7. The van der Waals surface area contributed by atoms with E-state index in [0.717, 1.165) is 0 Å². The molecule has 0 aromatic heterocycles. The highest BCUT2D eigenvalue weighted by molar-refractivity contribution is 6.67. The van der Waals surface area contributed by atoms with Crippen LogP contribution < -0.4 is 5.32 Å². The molecule has 4 aromatic carbocycles. The number of nitrogens with one attached hydrogen (secondary N) is 1. The van der Waals surface area contributed by atoms with Crippen molar-refractivity contribution in [1.82, 2.24) is 5.32 Å². The Balaban J connectivity index is 1.42. The third-order valence-corrected chi connectivity index (χ3v) is 9.88. The topological polar surface area (TPSA) is 232 Å². The zero-order chi connectivity index (χ0) is 45.1. The van der Waals surface area contributed by atoms with Crippen molar-refractivity contribution in [2.24, 2.45) is 0 Å². The minimum Gasteiger partial charge on any atom is -0.459 e. The molecule has 17 nitrogen and oxygen atoms in total. The van der Waals surface area contributed by atoms with E-state index in [1.54, 1.807) is 60.7 Å².